The molecule has 10 heteroatoms. The number of likely N-dealkylation sites (tertiary alicyclic amines) is 1. The molecule has 134 valence electrons. The topological polar surface area (TPSA) is 117 Å². The minimum Gasteiger partial charge on any atom is -0.480 e. The van der Waals surface area contributed by atoms with Crippen LogP contribution >= 0.6 is 0 Å². The van der Waals surface area contributed by atoms with Gasteiger partial charge in [0.1, 0.15) is 11.4 Å². The molecule has 1 aromatic heterocycles. The summed E-state index contributed by atoms with van der Waals surface area (Å²) >= 11 is 0. The summed E-state index contributed by atoms with van der Waals surface area (Å²) in [5.41, 5.74) is 5.87. The highest BCUT2D eigenvalue weighted by Gasteiger charge is 2.43. The highest BCUT2D eigenvalue weighted by Crippen LogP contribution is 2.30. The van der Waals surface area contributed by atoms with Gasteiger partial charge in [-0.05, 0) is 44.0 Å². The molecular formula is C14H18F3N3O4. The van der Waals surface area contributed by atoms with Crippen LogP contribution in [0.1, 0.15) is 25.3 Å². The number of nitrogens with zero attached hydrogens (tertiary/aromatic N) is 2. The van der Waals surface area contributed by atoms with Gasteiger partial charge < -0.3 is 15.9 Å². The van der Waals surface area contributed by atoms with Crippen LogP contribution in [-0.2, 0) is 16.1 Å². The first kappa shape index (κ1) is 19.7. The van der Waals surface area contributed by atoms with Crippen molar-refractivity contribution in [3.8, 4) is 0 Å². The molecule has 7 nitrogen and oxygen atoms in total. The van der Waals surface area contributed by atoms with Gasteiger partial charge >= 0.3 is 18.1 Å². The second kappa shape index (κ2) is 7.47. The van der Waals surface area contributed by atoms with Crippen molar-refractivity contribution in [1.29, 1.82) is 0 Å². The molecule has 1 saturated heterocycles. The zero-order valence-electron chi connectivity index (χ0n) is 12.9. The number of carbonyl (C=O) groups is 2. The van der Waals surface area contributed by atoms with Gasteiger partial charge in [0, 0.05) is 12.7 Å². The lowest BCUT2D eigenvalue weighted by Crippen LogP contribution is -2.47. The van der Waals surface area contributed by atoms with E-state index in [1.807, 2.05) is 11.0 Å². The van der Waals surface area contributed by atoms with E-state index in [-0.39, 0.29) is 0 Å². The summed E-state index contributed by atoms with van der Waals surface area (Å²) in [5, 5.41) is 16.4. The van der Waals surface area contributed by atoms with Crippen LogP contribution in [0, 0.1) is 0 Å². The number of carboxylic acid groups (broad SMARTS) is 2. The first-order valence-corrected chi connectivity index (χ1v) is 6.96. The van der Waals surface area contributed by atoms with Crippen molar-refractivity contribution in [3.63, 3.8) is 0 Å². The Morgan fingerprint density at radius 2 is 2.00 bits per heavy atom. The predicted molar refractivity (Wildman–Crippen MR) is 78.0 cm³/mol. The van der Waals surface area contributed by atoms with Crippen LogP contribution in [0.4, 0.5) is 19.0 Å². The number of alkyl halides is 3. The third-order valence-electron chi connectivity index (χ3n) is 3.71. The number of hydrogen-bond donors (Lipinski definition) is 3. The molecule has 0 amide bonds. The summed E-state index contributed by atoms with van der Waals surface area (Å²) in [6, 6.07) is 3.66. The van der Waals surface area contributed by atoms with Crippen molar-refractivity contribution in [3.05, 3.63) is 23.9 Å². The predicted octanol–water partition coefficient (Wildman–Crippen LogP) is 1.74. The van der Waals surface area contributed by atoms with Gasteiger partial charge in [-0.15, -0.1) is 0 Å². The minimum absolute atomic E-state index is 0.471. The van der Waals surface area contributed by atoms with E-state index >= 15 is 0 Å². The summed E-state index contributed by atoms with van der Waals surface area (Å²) in [6.07, 6.45) is -1.81. The zero-order valence-corrected chi connectivity index (χ0v) is 12.9. The van der Waals surface area contributed by atoms with E-state index in [1.165, 1.54) is 0 Å². The van der Waals surface area contributed by atoms with E-state index in [9.17, 15) is 23.1 Å². The van der Waals surface area contributed by atoms with Gasteiger partial charge in [0.15, 0.2) is 0 Å². The summed E-state index contributed by atoms with van der Waals surface area (Å²) < 4.78 is 31.7. The number of anilines is 1. The monoisotopic (exact) mass is 349 g/mol. The first-order valence-electron chi connectivity index (χ1n) is 6.96. The molecule has 0 aromatic carbocycles. The Balaban J connectivity index is 0.000000351. The van der Waals surface area contributed by atoms with E-state index in [4.69, 9.17) is 15.6 Å². The van der Waals surface area contributed by atoms with Gasteiger partial charge in [0.2, 0.25) is 0 Å². The smallest absolute Gasteiger partial charge is 0.480 e. The number of halogens is 3. The van der Waals surface area contributed by atoms with Crippen molar-refractivity contribution >= 4 is 17.8 Å². The molecule has 1 aliphatic heterocycles. The highest BCUT2D eigenvalue weighted by atomic mass is 19.4. The third kappa shape index (κ3) is 5.08. The molecule has 1 aromatic rings. The quantitative estimate of drug-likeness (QED) is 0.761. The Kier molecular flexibility index (Phi) is 6.13. The Morgan fingerprint density at radius 3 is 2.46 bits per heavy atom. The lowest BCUT2D eigenvalue weighted by molar-refractivity contribution is -0.192. The summed E-state index contributed by atoms with van der Waals surface area (Å²) in [7, 11) is 0. The van der Waals surface area contributed by atoms with Gasteiger partial charge in [-0.1, -0.05) is 0 Å². The normalized spacial score (nSPS) is 21.0. The second-order valence-electron chi connectivity index (χ2n) is 5.50. The standard InChI is InChI=1S/C12H17N3O2.C2HF3O2/c1-12(11(16)17)4-2-6-15(12)8-9-3-5-14-10(13)7-9;3-2(4,5)1(6)7/h3,5,7H,2,4,6,8H2,1H3,(H2,13,14)(H,16,17);(H,6,7). The number of hydrogen-bond acceptors (Lipinski definition) is 5. The van der Waals surface area contributed by atoms with Crippen LogP contribution in [0.25, 0.3) is 0 Å². The second-order valence-corrected chi connectivity index (χ2v) is 5.50. The maximum atomic E-state index is 11.3. The van der Waals surface area contributed by atoms with Crippen LogP contribution in [0.5, 0.6) is 0 Å². The molecule has 24 heavy (non-hydrogen) atoms. The molecule has 1 aliphatic rings. The Bertz CT molecular complexity index is 609. The molecule has 0 spiro atoms. The molecule has 2 rings (SSSR count). The third-order valence-corrected chi connectivity index (χ3v) is 3.71. The van der Waals surface area contributed by atoms with Crippen LogP contribution in [0.15, 0.2) is 18.3 Å². The van der Waals surface area contributed by atoms with E-state index < -0.39 is 23.7 Å². The number of nitrogen functional groups attached to an aromatic ring is 1. The van der Waals surface area contributed by atoms with Gasteiger partial charge in [0.25, 0.3) is 0 Å². The average molecular weight is 349 g/mol. The Hall–Kier alpha value is -2.36. The van der Waals surface area contributed by atoms with Gasteiger partial charge in [-0.2, -0.15) is 13.2 Å². The highest BCUT2D eigenvalue weighted by molar-refractivity contribution is 5.78. The fourth-order valence-corrected chi connectivity index (χ4v) is 2.33. The van der Waals surface area contributed by atoms with E-state index in [1.54, 1.807) is 19.2 Å². The van der Waals surface area contributed by atoms with Crippen molar-refractivity contribution in [1.82, 2.24) is 9.88 Å². The molecule has 1 unspecified atom stereocenters. The SMILES string of the molecule is CC1(C(=O)O)CCCN1Cc1ccnc(N)c1.O=C(O)C(F)(F)F. The maximum absolute atomic E-state index is 11.3. The minimum atomic E-state index is -5.08. The molecule has 1 atom stereocenters. The number of nitrogens with two attached hydrogens (primary N) is 1. The fraction of sp³-hybridized carbons (Fsp3) is 0.500. The lowest BCUT2D eigenvalue weighted by Gasteiger charge is -2.31. The maximum Gasteiger partial charge on any atom is 0.490 e. The fourth-order valence-electron chi connectivity index (χ4n) is 2.33. The number of carboxylic acids is 2. The lowest BCUT2D eigenvalue weighted by atomic mass is 9.99. The molecule has 0 radical (unpaired) electrons. The molecule has 4 N–H and O–H groups in total. The molecule has 0 aliphatic carbocycles. The van der Waals surface area contributed by atoms with Crippen molar-refractivity contribution in [2.45, 2.75) is 38.0 Å². The van der Waals surface area contributed by atoms with Crippen LogP contribution < -0.4 is 5.73 Å². The van der Waals surface area contributed by atoms with Gasteiger partial charge in [-0.25, -0.2) is 9.78 Å². The summed E-state index contributed by atoms with van der Waals surface area (Å²) in [5.74, 6) is -3.04. The summed E-state index contributed by atoms with van der Waals surface area (Å²) in [4.78, 5) is 26.1. The van der Waals surface area contributed by atoms with E-state index in [0.717, 1.165) is 18.5 Å². The van der Waals surface area contributed by atoms with E-state index in [0.29, 0.717) is 18.8 Å². The molecule has 1 fully saturated rings. The van der Waals surface area contributed by atoms with Gasteiger partial charge in [-0.3, -0.25) is 9.69 Å². The average Bonchev–Trinajstić information content (AvgIpc) is 2.81. The zero-order chi connectivity index (χ0) is 18.5. The van der Waals surface area contributed by atoms with Crippen LogP contribution in [-0.4, -0.2) is 50.3 Å². The van der Waals surface area contributed by atoms with Crippen LogP contribution in [0.3, 0.4) is 0 Å². The number of aliphatic carboxylic acids is 2. The largest absolute Gasteiger partial charge is 0.490 e. The van der Waals surface area contributed by atoms with Crippen molar-refractivity contribution < 1.29 is 33.0 Å². The van der Waals surface area contributed by atoms with Crippen LogP contribution in [0.2, 0.25) is 0 Å². The van der Waals surface area contributed by atoms with Crippen molar-refractivity contribution in [2.24, 2.45) is 0 Å². The number of rotatable bonds is 3. The summed E-state index contributed by atoms with van der Waals surface area (Å²) in [6.45, 7) is 3.20. The Morgan fingerprint density at radius 1 is 1.42 bits per heavy atom. The molecule has 0 saturated carbocycles. The van der Waals surface area contributed by atoms with E-state index in [2.05, 4.69) is 4.98 Å². The molecular weight excluding hydrogens is 331 g/mol. The molecule has 0 bridgehead atoms. The van der Waals surface area contributed by atoms with Gasteiger partial charge in [0.05, 0.1) is 0 Å². The molecule has 2 heterocycles. The number of pyridine rings is 1. The van der Waals surface area contributed by atoms with Crippen molar-refractivity contribution in [2.75, 3.05) is 12.3 Å². The first-order chi connectivity index (χ1) is 11.0. The Labute approximate surface area is 135 Å². The number of aromatic nitrogens is 1.